The summed E-state index contributed by atoms with van der Waals surface area (Å²) in [6.07, 6.45) is 0.0327. The van der Waals surface area contributed by atoms with Gasteiger partial charge < -0.3 is 0 Å². The van der Waals surface area contributed by atoms with E-state index in [9.17, 15) is 4.39 Å². The molecule has 0 aromatic heterocycles. The average molecular weight is 248 g/mol. The molecule has 0 unspecified atom stereocenters. The lowest BCUT2D eigenvalue weighted by Crippen LogP contribution is -1.89. The van der Waals surface area contributed by atoms with Crippen LogP contribution >= 0.6 is 27.5 Å². The van der Waals surface area contributed by atoms with Crippen LogP contribution in [0.2, 0.25) is 5.02 Å². The van der Waals surface area contributed by atoms with Gasteiger partial charge in [-0.1, -0.05) is 27.5 Å². The molecular formula is C8H4BrClFN. The van der Waals surface area contributed by atoms with Crippen molar-refractivity contribution in [1.82, 2.24) is 0 Å². The Morgan fingerprint density at radius 2 is 2.25 bits per heavy atom. The van der Waals surface area contributed by atoms with Crippen LogP contribution in [-0.4, -0.2) is 0 Å². The van der Waals surface area contributed by atoms with Crippen molar-refractivity contribution in [1.29, 1.82) is 5.26 Å². The van der Waals surface area contributed by atoms with Crippen LogP contribution < -0.4 is 0 Å². The van der Waals surface area contributed by atoms with E-state index in [1.807, 2.05) is 6.07 Å². The van der Waals surface area contributed by atoms with Crippen LogP contribution in [0.5, 0.6) is 0 Å². The molecule has 1 rings (SSSR count). The highest BCUT2D eigenvalue weighted by molar-refractivity contribution is 9.10. The van der Waals surface area contributed by atoms with Gasteiger partial charge in [0.15, 0.2) is 0 Å². The predicted octanol–water partition coefficient (Wildman–Crippen LogP) is 3.31. The Kier molecular flexibility index (Phi) is 3.07. The molecule has 1 nitrogen and oxygen atoms in total. The number of halogens is 3. The highest BCUT2D eigenvalue weighted by Crippen LogP contribution is 2.24. The van der Waals surface area contributed by atoms with Crippen molar-refractivity contribution < 1.29 is 4.39 Å². The molecule has 0 aliphatic rings. The van der Waals surface area contributed by atoms with Gasteiger partial charge in [0, 0.05) is 10.0 Å². The third-order valence-electron chi connectivity index (χ3n) is 1.34. The SMILES string of the molecule is N#CCc1cc(Br)cc(Cl)c1F. The van der Waals surface area contributed by atoms with E-state index in [0.29, 0.717) is 10.0 Å². The molecule has 12 heavy (non-hydrogen) atoms. The maximum absolute atomic E-state index is 13.1. The first-order chi connectivity index (χ1) is 5.65. The average Bonchev–Trinajstić information content (AvgIpc) is 2.00. The molecule has 0 amide bonds. The molecule has 0 bridgehead atoms. The highest BCUT2D eigenvalue weighted by atomic mass is 79.9. The summed E-state index contributed by atoms with van der Waals surface area (Å²) < 4.78 is 13.7. The van der Waals surface area contributed by atoms with E-state index in [1.165, 1.54) is 6.07 Å². The Labute approximate surface area is 82.9 Å². The van der Waals surface area contributed by atoms with E-state index in [2.05, 4.69) is 15.9 Å². The maximum Gasteiger partial charge on any atom is 0.146 e. The van der Waals surface area contributed by atoms with Crippen molar-refractivity contribution in [2.45, 2.75) is 6.42 Å². The normalized spacial score (nSPS) is 9.50. The largest absolute Gasteiger partial charge is 0.205 e. The summed E-state index contributed by atoms with van der Waals surface area (Å²) in [4.78, 5) is 0. The monoisotopic (exact) mass is 247 g/mol. The van der Waals surface area contributed by atoms with Crippen molar-refractivity contribution in [3.8, 4) is 6.07 Å². The molecule has 0 aliphatic heterocycles. The topological polar surface area (TPSA) is 23.8 Å². The van der Waals surface area contributed by atoms with E-state index >= 15 is 0 Å². The first-order valence-electron chi connectivity index (χ1n) is 3.15. The van der Waals surface area contributed by atoms with E-state index in [1.54, 1.807) is 6.07 Å². The van der Waals surface area contributed by atoms with Crippen LogP contribution in [0.1, 0.15) is 5.56 Å². The Hall–Kier alpha value is -0.590. The summed E-state index contributed by atoms with van der Waals surface area (Å²) in [5.74, 6) is -0.513. The van der Waals surface area contributed by atoms with E-state index in [-0.39, 0.29) is 11.4 Å². The molecule has 0 fully saturated rings. The number of hydrogen-bond donors (Lipinski definition) is 0. The Morgan fingerprint density at radius 3 is 2.83 bits per heavy atom. The fourth-order valence-corrected chi connectivity index (χ4v) is 1.70. The summed E-state index contributed by atoms with van der Waals surface area (Å²) in [7, 11) is 0. The van der Waals surface area contributed by atoms with Crippen LogP contribution in [0, 0.1) is 17.1 Å². The number of hydrogen-bond acceptors (Lipinski definition) is 1. The summed E-state index contributed by atoms with van der Waals surface area (Å²) in [6.45, 7) is 0. The second-order valence-electron chi connectivity index (χ2n) is 2.20. The van der Waals surface area contributed by atoms with Crippen molar-refractivity contribution >= 4 is 27.5 Å². The first-order valence-corrected chi connectivity index (χ1v) is 4.32. The smallest absolute Gasteiger partial charge is 0.146 e. The summed E-state index contributed by atoms with van der Waals surface area (Å²) in [5, 5.41) is 8.39. The fourth-order valence-electron chi connectivity index (χ4n) is 0.823. The third-order valence-corrected chi connectivity index (χ3v) is 2.07. The lowest BCUT2D eigenvalue weighted by molar-refractivity contribution is 0.615. The van der Waals surface area contributed by atoms with Gasteiger partial charge in [-0.25, -0.2) is 4.39 Å². The van der Waals surface area contributed by atoms with Gasteiger partial charge in [0.05, 0.1) is 17.5 Å². The Balaban J connectivity index is 3.20. The van der Waals surface area contributed by atoms with Crippen LogP contribution in [0.25, 0.3) is 0 Å². The zero-order chi connectivity index (χ0) is 9.14. The second kappa shape index (κ2) is 3.88. The van der Waals surface area contributed by atoms with E-state index < -0.39 is 5.82 Å². The van der Waals surface area contributed by atoms with Crippen LogP contribution in [0.15, 0.2) is 16.6 Å². The molecule has 62 valence electrons. The first kappa shape index (κ1) is 9.50. The van der Waals surface area contributed by atoms with Gasteiger partial charge in [-0.15, -0.1) is 0 Å². The summed E-state index contributed by atoms with van der Waals surface area (Å²) in [6, 6.07) is 4.86. The van der Waals surface area contributed by atoms with Crippen molar-refractivity contribution in [3.05, 3.63) is 33.0 Å². The number of rotatable bonds is 1. The third kappa shape index (κ3) is 1.96. The van der Waals surface area contributed by atoms with Gasteiger partial charge >= 0.3 is 0 Å². The van der Waals surface area contributed by atoms with Gasteiger partial charge in [-0.05, 0) is 12.1 Å². The van der Waals surface area contributed by atoms with Gasteiger partial charge in [-0.3, -0.25) is 0 Å². The lowest BCUT2D eigenvalue weighted by atomic mass is 10.1. The highest BCUT2D eigenvalue weighted by Gasteiger charge is 2.07. The maximum atomic E-state index is 13.1. The molecule has 0 saturated heterocycles. The zero-order valence-corrected chi connectivity index (χ0v) is 8.28. The van der Waals surface area contributed by atoms with Gasteiger partial charge in [0.1, 0.15) is 5.82 Å². The van der Waals surface area contributed by atoms with Crippen LogP contribution in [0.3, 0.4) is 0 Å². The molecule has 0 atom stereocenters. The minimum Gasteiger partial charge on any atom is -0.205 e. The summed E-state index contributed by atoms with van der Waals surface area (Å²) in [5.41, 5.74) is 0.317. The molecule has 0 aliphatic carbocycles. The van der Waals surface area contributed by atoms with Crippen molar-refractivity contribution in [2.75, 3.05) is 0 Å². The van der Waals surface area contributed by atoms with Gasteiger partial charge in [-0.2, -0.15) is 5.26 Å². The van der Waals surface area contributed by atoms with Crippen LogP contribution in [0.4, 0.5) is 4.39 Å². The molecule has 1 aromatic rings. The number of benzene rings is 1. The van der Waals surface area contributed by atoms with E-state index in [4.69, 9.17) is 16.9 Å². The molecule has 0 spiro atoms. The standard InChI is InChI=1S/C8H4BrClFN/c9-6-3-5(1-2-12)8(11)7(10)4-6/h3-4H,1H2. The Bertz CT molecular complexity index is 346. The van der Waals surface area contributed by atoms with E-state index in [0.717, 1.165) is 0 Å². The second-order valence-corrected chi connectivity index (χ2v) is 3.52. The number of nitriles is 1. The molecule has 0 heterocycles. The van der Waals surface area contributed by atoms with Gasteiger partial charge in [0.2, 0.25) is 0 Å². The number of nitrogens with zero attached hydrogens (tertiary/aromatic N) is 1. The minimum atomic E-state index is -0.513. The quantitative estimate of drug-likeness (QED) is 0.700. The molecular weight excluding hydrogens is 244 g/mol. The fraction of sp³-hybridized carbons (Fsp3) is 0.125. The van der Waals surface area contributed by atoms with Crippen molar-refractivity contribution in [2.24, 2.45) is 0 Å². The van der Waals surface area contributed by atoms with Crippen molar-refractivity contribution in [3.63, 3.8) is 0 Å². The molecule has 1 aromatic carbocycles. The molecule has 4 heteroatoms. The zero-order valence-electron chi connectivity index (χ0n) is 5.94. The van der Waals surface area contributed by atoms with Crippen LogP contribution in [-0.2, 0) is 6.42 Å². The summed E-state index contributed by atoms with van der Waals surface area (Å²) >= 11 is 8.70. The molecule has 0 radical (unpaired) electrons. The molecule has 0 N–H and O–H groups in total. The lowest BCUT2D eigenvalue weighted by Gasteiger charge is -2.00. The Morgan fingerprint density at radius 1 is 1.58 bits per heavy atom. The molecule has 0 saturated carbocycles. The predicted molar refractivity (Wildman–Crippen MR) is 48.4 cm³/mol. The minimum absolute atomic E-state index is 0.0327. The van der Waals surface area contributed by atoms with Gasteiger partial charge in [0.25, 0.3) is 0 Å².